The van der Waals surface area contributed by atoms with Gasteiger partial charge >= 0.3 is 0 Å². The van der Waals surface area contributed by atoms with E-state index in [1.54, 1.807) is 23.1 Å². The van der Waals surface area contributed by atoms with Gasteiger partial charge in [0.2, 0.25) is 5.75 Å². The molecule has 0 bridgehead atoms. The molecule has 0 aromatic heterocycles. The Balaban J connectivity index is 1.91. The topological polar surface area (TPSA) is 91.4 Å². The molecule has 1 aliphatic rings. The first kappa shape index (κ1) is 25.1. The average molecular weight is 498 g/mol. The minimum atomic E-state index is -3.57. The molecule has 1 amide bonds. The van der Waals surface area contributed by atoms with Gasteiger partial charge in [-0.2, -0.15) is 8.42 Å². The number of rotatable bonds is 9. The second kappa shape index (κ2) is 10.2. The quantitative estimate of drug-likeness (QED) is 0.489. The van der Waals surface area contributed by atoms with Crippen LogP contribution in [0.15, 0.2) is 36.4 Å². The summed E-state index contributed by atoms with van der Waals surface area (Å²) in [7, 11) is 0.913. The maximum Gasteiger partial charge on any atom is 0.264 e. The summed E-state index contributed by atoms with van der Waals surface area (Å²) in [4.78, 5) is 15.2. The Morgan fingerprint density at radius 1 is 1.09 bits per heavy atom. The van der Waals surface area contributed by atoms with Crippen molar-refractivity contribution in [3.8, 4) is 17.2 Å². The van der Waals surface area contributed by atoms with Crippen molar-refractivity contribution in [1.82, 2.24) is 4.90 Å². The van der Waals surface area contributed by atoms with Gasteiger partial charge in [-0.3, -0.25) is 8.98 Å². The van der Waals surface area contributed by atoms with E-state index in [-0.39, 0.29) is 12.5 Å². The molecule has 1 aliphatic heterocycles. The highest BCUT2D eigenvalue weighted by Gasteiger charge is 2.42. The summed E-state index contributed by atoms with van der Waals surface area (Å²) < 4.78 is 44.1. The fourth-order valence-electron chi connectivity index (χ4n) is 4.22. The Morgan fingerprint density at radius 3 is 2.30 bits per heavy atom. The van der Waals surface area contributed by atoms with Gasteiger partial charge in [0, 0.05) is 29.1 Å². The Morgan fingerprint density at radius 2 is 1.76 bits per heavy atom. The first-order valence-electron chi connectivity index (χ1n) is 10.3. The lowest BCUT2D eigenvalue weighted by Crippen LogP contribution is -2.35. The highest BCUT2D eigenvalue weighted by Crippen LogP contribution is 2.41. The van der Waals surface area contributed by atoms with E-state index in [1.807, 2.05) is 18.2 Å². The molecule has 0 N–H and O–H groups in total. The third-order valence-electron chi connectivity index (χ3n) is 5.87. The fraction of sp³-hybridized carbons (Fsp3) is 0.435. The number of likely N-dealkylation sites (tertiary alicyclic amines) is 1. The van der Waals surface area contributed by atoms with Crippen molar-refractivity contribution in [1.29, 1.82) is 0 Å². The summed E-state index contributed by atoms with van der Waals surface area (Å²) >= 11 is 6.23. The van der Waals surface area contributed by atoms with Crippen LogP contribution in [0.4, 0.5) is 0 Å². The van der Waals surface area contributed by atoms with Crippen LogP contribution in [-0.4, -0.2) is 66.5 Å². The monoisotopic (exact) mass is 497 g/mol. The largest absolute Gasteiger partial charge is 0.493 e. The maximum atomic E-state index is 13.4. The highest BCUT2D eigenvalue weighted by molar-refractivity contribution is 7.85. The molecule has 0 spiro atoms. The lowest BCUT2D eigenvalue weighted by Gasteiger charge is -2.30. The van der Waals surface area contributed by atoms with Crippen LogP contribution in [0.2, 0.25) is 5.02 Å². The van der Waals surface area contributed by atoms with Crippen molar-refractivity contribution in [2.75, 3.05) is 47.3 Å². The molecule has 0 radical (unpaired) electrons. The number of hydrogen-bond acceptors (Lipinski definition) is 7. The van der Waals surface area contributed by atoms with Crippen LogP contribution in [0.5, 0.6) is 17.2 Å². The van der Waals surface area contributed by atoms with Gasteiger partial charge in [-0.15, -0.1) is 0 Å². The Kier molecular flexibility index (Phi) is 7.76. The minimum Gasteiger partial charge on any atom is -0.493 e. The van der Waals surface area contributed by atoms with Gasteiger partial charge in [-0.25, -0.2) is 0 Å². The van der Waals surface area contributed by atoms with Crippen LogP contribution < -0.4 is 14.2 Å². The second-order valence-corrected chi connectivity index (χ2v) is 10.0. The number of halogens is 1. The predicted molar refractivity (Wildman–Crippen MR) is 125 cm³/mol. The first-order valence-corrected chi connectivity index (χ1v) is 12.5. The summed E-state index contributed by atoms with van der Waals surface area (Å²) in [5.41, 5.74) is 0.845. The van der Waals surface area contributed by atoms with E-state index in [0.29, 0.717) is 53.8 Å². The highest BCUT2D eigenvalue weighted by atomic mass is 35.5. The number of benzene rings is 2. The summed E-state index contributed by atoms with van der Waals surface area (Å²) in [6, 6.07) is 10.7. The molecule has 3 rings (SSSR count). The Labute approximate surface area is 199 Å². The van der Waals surface area contributed by atoms with Gasteiger partial charge in [0.1, 0.15) is 0 Å². The summed E-state index contributed by atoms with van der Waals surface area (Å²) in [6.07, 6.45) is 2.07. The van der Waals surface area contributed by atoms with Crippen LogP contribution in [0, 0.1) is 0 Å². The molecule has 180 valence electrons. The van der Waals surface area contributed by atoms with Crippen LogP contribution in [0.25, 0.3) is 0 Å². The van der Waals surface area contributed by atoms with Crippen LogP contribution in [0.3, 0.4) is 0 Å². The van der Waals surface area contributed by atoms with Gasteiger partial charge in [-0.1, -0.05) is 23.7 Å². The molecular weight excluding hydrogens is 470 g/mol. The van der Waals surface area contributed by atoms with E-state index in [4.69, 9.17) is 30.0 Å². The number of nitrogens with zero attached hydrogens (tertiary/aromatic N) is 1. The number of carbonyl (C=O) groups is 1. The number of methoxy groups -OCH3 is 3. The third-order valence-corrected chi connectivity index (χ3v) is 6.70. The average Bonchev–Trinajstić information content (AvgIpc) is 3.22. The SMILES string of the molecule is COc1cc(C(=O)N2CCC(CCOS(C)(=O)=O)(c3cccc(Cl)c3)C2)cc(OC)c1OC. The molecule has 1 heterocycles. The molecule has 10 heteroatoms. The summed E-state index contributed by atoms with van der Waals surface area (Å²) in [5.74, 6) is 0.996. The molecule has 1 unspecified atom stereocenters. The van der Waals surface area contributed by atoms with E-state index in [0.717, 1.165) is 11.8 Å². The molecule has 2 aromatic carbocycles. The minimum absolute atomic E-state index is 0.0115. The molecule has 0 aliphatic carbocycles. The van der Waals surface area contributed by atoms with E-state index >= 15 is 0 Å². The zero-order valence-electron chi connectivity index (χ0n) is 19.1. The maximum absolute atomic E-state index is 13.4. The van der Waals surface area contributed by atoms with E-state index in [2.05, 4.69) is 0 Å². The smallest absolute Gasteiger partial charge is 0.264 e. The van der Waals surface area contributed by atoms with Crippen LogP contribution >= 0.6 is 11.6 Å². The molecule has 8 nitrogen and oxygen atoms in total. The molecule has 1 atom stereocenters. The van der Waals surface area contributed by atoms with E-state index < -0.39 is 15.5 Å². The lowest BCUT2D eigenvalue weighted by atomic mass is 9.77. The zero-order chi connectivity index (χ0) is 24.2. The van der Waals surface area contributed by atoms with Gasteiger partial charge in [0.25, 0.3) is 16.0 Å². The van der Waals surface area contributed by atoms with Crippen molar-refractivity contribution >= 4 is 27.6 Å². The zero-order valence-corrected chi connectivity index (χ0v) is 20.7. The van der Waals surface area contributed by atoms with Gasteiger partial charge in [0.15, 0.2) is 11.5 Å². The Bertz CT molecular complexity index is 1100. The van der Waals surface area contributed by atoms with Gasteiger partial charge in [-0.05, 0) is 42.7 Å². The van der Waals surface area contributed by atoms with Crippen molar-refractivity contribution in [3.63, 3.8) is 0 Å². The number of ether oxygens (including phenoxy) is 3. The first-order chi connectivity index (χ1) is 15.6. The van der Waals surface area contributed by atoms with Crippen LogP contribution in [0.1, 0.15) is 28.8 Å². The molecule has 2 aromatic rings. The second-order valence-electron chi connectivity index (χ2n) is 7.96. The standard InChI is InChI=1S/C23H28ClNO7S/c1-29-19-12-16(13-20(30-2)21(19)31-3)22(26)25-10-8-23(15-25,9-11-32-33(4,27)28)17-6-5-7-18(24)14-17/h5-7,12-14H,8-11,15H2,1-4H3. The molecule has 33 heavy (non-hydrogen) atoms. The number of hydrogen-bond donors (Lipinski definition) is 0. The summed E-state index contributed by atoms with van der Waals surface area (Å²) in [5, 5.41) is 0.574. The molecule has 1 fully saturated rings. The van der Waals surface area contributed by atoms with Gasteiger partial charge in [0.05, 0.1) is 34.2 Å². The molecule has 0 saturated carbocycles. The van der Waals surface area contributed by atoms with Crippen molar-refractivity contribution in [2.24, 2.45) is 0 Å². The summed E-state index contributed by atoms with van der Waals surface area (Å²) in [6.45, 7) is 0.883. The predicted octanol–water partition coefficient (Wildman–Crippen LogP) is 3.52. The van der Waals surface area contributed by atoms with Crippen molar-refractivity contribution in [2.45, 2.75) is 18.3 Å². The normalized spacial score (nSPS) is 18.3. The van der Waals surface area contributed by atoms with Gasteiger partial charge < -0.3 is 19.1 Å². The van der Waals surface area contributed by atoms with Crippen molar-refractivity contribution < 1.29 is 31.6 Å². The molecule has 1 saturated heterocycles. The van der Waals surface area contributed by atoms with Crippen molar-refractivity contribution in [3.05, 3.63) is 52.5 Å². The van der Waals surface area contributed by atoms with E-state index in [9.17, 15) is 13.2 Å². The third kappa shape index (κ3) is 5.72. The van der Waals surface area contributed by atoms with E-state index in [1.165, 1.54) is 21.3 Å². The molecular formula is C23H28ClNO7S. The lowest BCUT2D eigenvalue weighted by molar-refractivity contribution is 0.0779. The number of carbonyl (C=O) groups excluding carboxylic acids is 1. The van der Waals surface area contributed by atoms with Crippen LogP contribution in [-0.2, 0) is 19.7 Å². The number of amides is 1. The fourth-order valence-corrected chi connectivity index (χ4v) is 4.80. The Hall–Kier alpha value is -2.49.